The topological polar surface area (TPSA) is 36.4 Å². The summed E-state index contributed by atoms with van der Waals surface area (Å²) in [7, 11) is 0. The lowest BCUT2D eigenvalue weighted by Gasteiger charge is -2.38. The molecule has 0 amide bonds. The van der Waals surface area contributed by atoms with Crippen LogP contribution in [0.2, 0.25) is 5.02 Å². The van der Waals surface area contributed by atoms with Gasteiger partial charge in [-0.15, -0.1) is 0 Å². The third-order valence-corrected chi connectivity index (χ3v) is 4.36. The van der Waals surface area contributed by atoms with Gasteiger partial charge in [-0.1, -0.05) is 11.6 Å². The first-order valence-electron chi connectivity index (χ1n) is 5.66. The van der Waals surface area contributed by atoms with E-state index in [1.165, 1.54) is 0 Å². The number of nitrogens with zero attached hydrogens (tertiary/aromatic N) is 2. The van der Waals surface area contributed by atoms with Gasteiger partial charge in [0.15, 0.2) is 0 Å². The quantitative estimate of drug-likeness (QED) is 0.898. The summed E-state index contributed by atoms with van der Waals surface area (Å²) in [6.07, 6.45) is 1.69. The molecular weight excluding hydrogens is 256 g/mol. The number of hydrogen-bond donors (Lipinski definition) is 1. The van der Waals surface area contributed by atoms with E-state index < -0.39 is 0 Å². The summed E-state index contributed by atoms with van der Waals surface area (Å²) in [6, 6.07) is 1.79. The van der Waals surface area contributed by atoms with Crippen LogP contribution >= 0.6 is 23.4 Å². The van der Waals surface area contributed by atoms with Gasteiger partial charge in [0.05, 0.1) is 11.6 Å². The molecule has 0 bridgehead atoms. The van der Waals surface area contributed by atoms with Crippen LogP contribution in [0.4, 0.5) is 5.82 Å². The monoisotopic (exact) mass is 272 g/mol. The van der Waals surface area contributed by atoms with E-state index in [9.17, 15) is 0 Å². The van der Waals surface area contributed by atoms with Crippen molar-refractivity contribution in [3.63, 3.8) is 0 Å². The van der Waals surface area contributed by atoms with E-state index >= 15 is 0 Å². The predicted molar refractivity (Wildman–Crippen MR) is 73.9 cm³/mol. The van der Waals surface area contributed by atoms with E-state index in [1.807, 2.05) is 11.8 Å². The van der Waals surface area contributed by atoms with Crippen LogP contribution < -0.4 is 4.90 Å². The van der Waals surface area contributed by atoms with E-state index in [0.717, 1.165) is 30.2 Å². The van der Waals surface area contributed by atoms with Gasteiger partial charge in [0, 0.05) is 29.8 Å². The SMILES string of the molecule is CC1(C)CN(c2ncc(CO)cc2Cl)CCS1. The first-order chi connectivity index (χ1) is 8.02. The molecule has 1 fully saturated rings. The molecule has 1 saturated heterocycles. The third-order valence-electron chi connectivity index (χ3n) is 2.79. The van der Waals surface area contributed by atoms with Crippen LogP contribution in [-0.4, -0.2) is 33.7 Å². The van der Waals surface area contributed by atoms with Crippen molar-refractivity contribution in [2.45, 2.75) is 25.2 Å². The number of aromatic nitrogens is 1. The summed E-state index contributed by atoms with van der Waals surface area (Å²) in [5.74, 6) is 1.92. The highest BCUT2D eigenvalue weighted by atomic mass is 35.5. The van der Waals surface area contributed by atoms with Crippen LogP contribution in [0.15, 0.2) is 12.3 Å². The van der Waals surface area contributed by atoms with E-state index in [1.54, 1.807) is 12.3 Å². The maximum Gasteiger partial charge on any atom is 0.147 e. The lowest BCUT2D eigenvalue weighted by molar-refractivity contribution is 0.281. The number of halogens is 1. The molecule has 1 aromatic rings. The fourth-order valence-corrected chi connectivity index (χ4v) is 3.41. The van der Waals surface area contributed by atoms with E-state index in [-0.39, 0.29) is 11.4 Å². The van der Waals surface area contributed by atoms with Crippen LogP contribution in [0.1, 0.15) is 19.4 Å². The van der Waals surface area contributed by atoms with Crippen molar-refractivity contribution in [3.8, 4) is 0 Å². The van der Waals surface area contributed by atoms with Gasteiger partial charge in [0.1, 0.15) is 5.82 Å². The van der Waals surface area contributed by atoms with Gasteiger partial charge in [0.25, 0.3) is 0 Å². The summed E-state index contributed by atoms with van der Waals surface area (Å²) >= 11 is 8.19. The highest BCUT2D eigenvalue weighted by Gasteiger charge is 2.28. The summed E-state index contributed by atoms with van der Waals surface area (Å²) in [5, 5.41) is 9.66. The second-order valence-electron chi connectivity index (χ2n) is 4.84. The Kier molecular flexibility index (Phi) is 3.85. The number of thioether (sulfide) groups is 1. The number of rotatable bonds is 2. The van der Waals surface area contributed by atoms with Gasteiger partial charge in [-0.3, -0.25) is 0 Å². The van der Waals surface area contributed by atoms with Crippen LogP contribution in [0.3, 0.4) is 0 Å². The lowest BCUT2D eigenvalue weighted by Crippen LogP contribution is -2.43. The minimum atomic E-state index is -0.0195. The average molecular weight is 273 g/mol. The molecule has 0 unspecified atom stereocenters. The Bertz CT molecular complexity index is 411. The Balaban J connectivity index is 2.22. The Labute approximate surface area is 111 Å². The highest BCUT2D eigenvalue weighted by Crippen LogP contribution is 2.34. The molecule has 1 aromatic heterocycles. The summed E-state index contributed by atoms with van der Waals surface area (Å²) < 4.78 is 0.235. The zero-order valence-corrected chi connectivity index (χ0v) is 11.7. The summed E-state index contributed by atoms with van der Waals surface area (Å²) in [5.41, 5.74) is 0.754. The van der Waals surface area contributed by atoms with Crippen molar-refractivity contribution < 1.29 is 5.11 Å². The van der Waals surface area contributed by atoms with E-state index in [4.69, 9.17) is 16.7 Å². The van der Waals surface area contributed by atoms with Gasteiger partial charge in [0.2, 0.25) is 0 Å². The van der Waals surface area contributed by atoms with Crippen LogP contribution in [-0.2, 0) is 6.61 Å². The minimum absolute atomic E-state index is 0.0195. The number of aliphatic hydroxyl groups is 1. The molecule has 5 heteroatoms. The van der Waals surface area contributed by atoms with Crippen LogP contribution in [0, 0.1) is 0 Å². The van der Waals surface area contributed by atoms with Crippen LogP contribution in [0.5, 0.6) is 0 Å². The fraction of sp³-hybridized carbons (Fsp3) is 0.583. The van der Waals surface area contributed by atoms with Gasteiger partial charge in [-0.05, 0) is 25.5 Å². The lowest BCUT2D eigenvalue weighted by atomic mass is 10.2. The van der Waals surface area contributed by atoms with Crippen molar-refractivity contribution >= 4 is 29.2 Å². The van der Waals surface area contributed by atoms with Gasteiger partial charge >= 0.3 is 0 Å². The molecule has 1 aliphatic rings. The number of anilines is 1. The van der Waals surface area contributed by atoms with Crippen molar-refractivity contribution in [1.29, 1.82) is 0 Å². The standard InChI is InChI=1S/C12H17ClN2OS/c1-12(2)8-15(3-4-17-12)11-10(13)5-9(7-16)6-14-11/h5-6,16H,3-4,7-8H2,1-2H3. The Hall–Kier alpha value is -0.450. The van der Waals surface area contributed by atoms with E-state index in [2.05, 4.69) is 23.7 Å². The molecule has 0 spiro atoms. The summed E-state index contributed by atoms with van der Waals surface area (Å²) in [6.45, 7) is 6.37. The fourth-order valence-electron chi connectivity index (χ4n) is 1.99. The van der Waals surface area contributed by atoms with Crippen LogP contribution in [0.25, 0.3) is 0 Å². The minimum Gasteiger partial charge on any atom is -0.392 e. The number of hydrogen-bond acceptors (Lipinski definition) is 4. The second kappa shape index (κ2) is 5.04. The zero-order valence-electron chi connectivity index (χ0n) is 10.1. The molecular formula is C12H17ClN2OS. The molecule has 3 nitrogen and oxygen atoms in total. The van der Waals surface area contributed by atoms with Gasteiger partial charge < -0.3 is 10.0 Å². The maximum atomic E-state index is 9.03. The van der Waals surface area contributed by atoms with Crippen molar-refractivity contribution in [3.05, 3.63) is 22.8 Å². The highest BCUT2D eigenvalue weighted by molar-refractivity contribution is 8.00. The molecule has 2 heterocycles. The maximum absolute atomic E-state index is 9.03. The Morgan fingerprint density at radius 1 is 1.59 bits per heavy atom. The third kappa shape index (κ3) is 3.06. The molecule has 0 aromatic carbocycles. The Morgan fingerprint density at radius 2 is 2.35 bits per heavy atom. The van der Waals surface area contributed by atoms with Gasteiger partial charge in [-0.2, -0.15) is 11.8 Å². The number of pyridine rings is 1. The van der Waals surface area contributed by atoms with Gasteiger partial charge in [-0.25, -0.2) is 4.98 Å². The van der Waals surface area contributed by atoms with Crippen molar-refractivity contribution in [2.75, 3.05) is 23.7 Å². The predicted octanol–water partition coefficient (Wildman–Crippen LogP) is 2.56. The molecule has 0 aliphatic carbocycles. The molecule has 0 atom stereocenters. The van der Waals surface area contributed by atoms with Crippen molar-refractivity contribution in [2.24, 2.45) is 0 Å². The smallest absolute Gasteiger partial charge is 0.147 e. The van der Waals surface area contributed by atoms with E-state index in [0.29, 0.717) is 5.02 Å². The molecule has 94 valence electrons. The molecule has 2 rings (SSSR count). The summed E-state index contributed by atoms with van der Waals surface area (Å²) in [4.78, 5) is 6.59. The molecule has 0 saturated carbocycles. The van der Waals surface area contributed by atoms with Crippen molar-refractivity contribution in [1.82, 2.24) is 4.98 Å². The molecule has 1 N–H and O–H groups in total. The second-order valence-corrected chi connectivity index (χ2v) is 7.05. The zero-order chi connectivity index (χ0) is 12.5. The normalized spacial score (nSPS) is 19.4. The first kappa shape index (κ1) is 13.0. The first-order valence-corrected chi connectivity index (χ1v) is 7.02. The largest absolute Gasteiger partial charge is 0.392 e. The molecule has 17 heavy (non-hydrogen) atoms. The Morgan fingerprint density at radius 3 is 2.94 bits per heavy atom. The molecule has 1 aliphatic heterocycles. The molecule has 0 radical (unpaired) electrons. The number of aliphatic hydroxyl groups excluding tert-OH is 1. The average Bonchev–Trinajstić information content (AvgIpc) is 2.27.